The van der Waals surface area contributed by atoms with E-state index < -0.39 is 0 Å². The summed E-state index contributed by atoms with van der Waals surface area (Å²) in [7, 11) is 0. The van der Waals surface area contributed by atoms with Crippen molar-refractivity contribution in [1.82, 2.24) is 0 Å². The summed E-state index contributed by atoms with van der Waals surface area (Å²) in [6.45, 7) is 11.8. The molecule has 0 aliphatic rings. The normalized spacial score (nSPS) is 10.2. The van der Waals surface area contributed by atoms with Gasteiger partial charge in [0.1, 0.15) is 0 Å². The van der Waals surface area contributed by atoms with Gasteiger partial charge in [-0.15, -0.1) is 0 Å². The summed E-state index contributed by atoms with van der Waals surface area (Å²) in [5.74, 6) is -0.0205. The summed E-state index contributed by atoms with van der Waals surface area (Å²) in [6, 6.07) is 4.19. The molecule has 0 saturated heterocycles. The molecule has 1 amide bonds. The second kappa shape index (κ2) is 5.71. The number of amides is 1. The molecule has 1 aromatic rings. The van der Waals surface area contributed by atoms with E-state index in [2.05, 4.69) is 43.1 Å². The van der Waals surface area contributed by atoms with E-state index in [-0.39, 0.29) is 5.91 Å². The van der Waals surface area contributed by atoms with Crippen molar-refractivity contribution < 1.29 is 4.79 Å². The third kappa shape index (κ3) is 2.99. The first kappa shape index (κ1) is 13.6. The van der Waals surface area contributed by atoms with E-state index in [1.54, 1.807) is 6.92 Å². The molecule has 3 heteroatoms. The van der Waals surface area contributed by atoms with Crippen molar-refractivity contribution in [3.05, 3.63) is 23.3 Å². The molecule has 1 rings (SSSR count). The first-order valence-corrected chi connectivity index (χ1v) is 6.14. The van der Waals surface area contributed by atoms with E-state index in [0.717, 1.165) is 29.9 Å². The van der Waals surface area contributed by atoms with E-state index in [1.807, 2.05) is 6.92 Å². The number of carbonyl (C=O) groups excluding carboxylic acids is 1. The molecule has 0 aliphatic carbocycles. The number of hydrogen-bond acceptors (Lipinski definition) is 2. The predicted octanol–water partition coefficient (Wildman–Crippen LogP) is 3.11. The van der Waals surface area contributed by atoms with Crippen molar-refractivity contribution in [2.75, 3.05) is 23.3 Å². The first-order chi connectivity index (χ1) is 8.01. The summed E-state index contributed by atoms with van der Waals surface area (Å²) in [6.07, 6.45) is 0. The number of nitrogens with one attached hydrogen (secondary N) is 1. The number of anilines is 2. The Bertz CT molecular complexity index is 409. The average molecular weight is 234 g/mol. The van der Waals surface area contributed by atoms with Crippen LogP contribution in [0.4, 0.5) is 11.4 Å². The van der Waals surface area contributed by atoms with Crippen LogP contribution in [0.5, 0.6) is 0 Å². The smallest absolute Gasteiger partial charge is 0.221 e. The maximum atomic E-state index is 11.2. The molecule has 0 spiro atoms. The molecule has 3 nitrogen and oxygen atoms in total. The quantitative estimate of drug-likeness (QED) is 0.868. The summed E-state index contributed by atoms with van der Waals surface area (Å²) in [5, 5.41) is 2.92. The Hall–Kier alpha value is -1.51. The fraction of sp³-hybridized carbons (Fsp3) is 0.500. The van der Waals surface area contributed by atoms with Gasteiger partial charge in [-0.2, -0.15) is 0 Å². The fourth-order valence-electron chi connectivity index (χ4n) is 2.11. The Morgan fingerprint density at radius 2 is 1.82 bits per heavy atom. The molecule has 17 heavy (non-hydrogen) atoms. The zero-order valence-electron chi connectivity index (χ0n) is 11.4. The van der Waals surface area contributed by atoms with Gasteiger partial charge in [0.25, 0.3) is 0 Å². The summed E-state index contributed by atoms with van der Waals surface area (Å²) in [5.41, 5.74) is 4.39. The molecular weight excluding hydrogens is 212 g/mol. The van der Waals surface area contributed by atoms with E-state index in [1.165, 1.54) is 5.69 Å². The number of hydrogen-bond donors (Lipinski definition) is 1. The van der Waals surface area contributed by atoms with Gasteiger partial charge in [0, 0.05) is 31.4 Å². The highest BCUT2D eigenvalue weighted by molar-refractivity contribution is 5.91. The lowest BCUT2D eigenvalue weighted by atomic mass is 10.1. The van der Waals surface area contributed by atoms with Gasteiger partial charge in [0.05, 0.1) is 0 Å². The van der Waals surface area contributed by atoms with Crippen molar-refractivity contribution in [2.45, 2.75) is 34.6 Å². The van der Waals surface area contributed by atoms with E-state index >= 15 is 0 Å². The molecule has 0 fully saturated rings. The highest BCUT2D eigenvalue weighted by atomic mass is 16.1. The lowest BCUT2D eigenvalue weighted by molar-refractivity contribution is -0.114. The minimum absolute atomic E-state index is 0.0205. The minimum atomic E-state index is -0.0205. The van der Waals surface area contributed by atoms with Gasteiger partial charge in [-0.25, -0.2) is 0 Å². The van der Waals surface area contributed by atoms with Crippen molar-refractivity contribution >= 4 is 17.3 Å². The molecule has 1 aromatic carbocycles. The number of rotatable bonds is 4. The fourth-order valence-corrected chi connectivity index (χ4v) is 2.11. The van der Waals surface area contributed by atoms with Crippen LogP contribution in [0.1, 0.15) is 31.9 Å². The minimum Gasteiger partial charge on any atom is -0.372 e. The van der Waals surface area contributed by atoms with Crippen LogP contribution in [0.25, 0.3) is 0 Å². The van der Waals surface area contributed by atoms with Gasteiger partial charge in [0.15, 0.2) is 0 Å². The second-order valence-corrected chi connectivity index (χ2v) is 4.26. The molecule has 94 valence electrons. The summed E-state index contributed by atoms with van der Waals surface area (Å²) in [4.78, 5) is 13.5. The Morgan fingerprint density at radius 3 is 2.29 bits per heavy atom. The molecule has 0 heterocycles. The SMILES string of the molecule is CCN(CC)c1ccc(C)c(NC(C)=O)c1C. The van der Waals surface area contributed by atoms with Crippen molar-refractivity contribution in [3.63, 3.8) is 0 Å². The van der Waals surface area contributed by atoms with Gasteiger partial charge in [-0.3, -0.25) is 4.79 Å². The monoisotopic (exact) mass is 234 g/mol. The van der Waals surface area contributed by atoms with Gasteiger partial charge in [-0.1, -0.05) is 6.07 Å². The topological polar surface area (TPSA) is 32.3 Å². The lowest BCUT2D eigenvalue weighted by Gasteiger charge is -2.25. The van der Waals surface area contributed by atoms with Crippen LogP contribution in [0, 0.1) is 13.8 Å². The van der Waals surface area contributed by atoms with Crippen LogP contribution >= 0.6 is 0 Å². The van der Waals surface area contributed by atoms with E-state index in [9.17, 15) is 4.79 Å². The third-order valence-corrected chi connectivity index (χ3v) is 3.05. The average Bonchev–Trinajstić information content (AvgIpc) is 2.28. The number of carbonyl (C=O) groups is 1. The van der Waals surface area contributed by atoms with Gasteiger partial charge in [0.2, 0.25) is 5.91 Å². The number of nitrogens with zero attached hydrogens (tertiary/aromatic N) is 1. The lowest BCUT2D eigenvalue weighted by Crippen LogP contribution is -2.23. The van der Waals surface area contributed by atoms with Crippen molar-refractivity contribution in [1.29, 1.82) is 0 Å². The van der Waals surface area contributed by atoms with Crippen LogP contribution < -0.4 is 10.2 Å². The Morgan fingerprint density at radius 1 is 1.24 bits per heavy atom. The molecule has 0 bridgehead atoms. The standard InChI is InChI=1S/C14H22N2O/c1-6-16(7-2)13-9-8-10(3)14(11(13)4)15-12(5)17/h8-9H,6-7H2,1-5H3,(H,15,17). The zero-order chi connectivity index (χ0) is 13.0. The van der Waals surface area contributed by atoms with Crippen LogP contribution in [0.2, 0.25) is 0 Å². The molecule has 0 aliphatic heterocycles. The first-order valence-electron chi connectivity index (χ1n) is 6.14. The molecular formula is C14H22N2O. The van der Waals surface area contributed by atoms with Crippen molar-refractivity contribution in [2.24, 2.45) is 0 Å². The van der Waals surface area contributed by atoms with Crippen molar-refractivity contribution in [3.8, 4) is 0 Å². The summed E-state index contributed by atoms with van der Waals surface area (Å²) < 4.78 is 0. The van der Waals surface area contributed by atoms with Crippen LogP contribution in [-0.2, 0) is 4.79 Å². The van der Waals surface area contributed by atoms with Crippen LogP contribution in [-0.4, -0.2) is 19.0 Å². The maximum absolute atomic E-state index is 11.2. The molecule has 0 saturated carbocycles. The number of aryl methyl sites for hydroxylation is 1. The Kier molecular flexibility index (Phi) is 4.55. The molecule has 0 aromatic heterocycles. The molecule has 1 N–H and O–H groups in total. The predicted molar refractivity (Wildman–Crippen MR) is 73.8 cm³/mol. The van der Waals surface area contributed by atoms with E-state index in [0.29, 0.717) is 0 Å². The zero-order valence-corrected chi connectivity index (χ0v) is 11.4. The second-order valence-electron chi connectivity index (χ2n) is 4.26. The Balaban J connectivity index is 3.22. The molecule has 0 radical (unpaired) electrons. The summed E-state index contributed by atoms with van der Waals surface area (Å²) >= 11 is 0. The maximum Gasteiger partial charge on any atom is 0.221 e. The van der Waals surface area contributed by atoms with Gasteiger partial charge < -0.3 is 10.2 Å². The van der Waals surface area contributed by atoms with E-state index in [4.69, 9.17) is 0 Å². The molecule has 0 atom stereocenters. The Labute approximate surface area is 104 Å². The highest BCUT2D eigenvalue weighted by Gasteiger charge is 2.11. The highest BCUT2D eigenvalue weighted by Crippen LogP contribution is 2.29. The van der Waals surface area contributed by atoms with Crippen LogP contribution in [0.3, 0.4) is 0 Å². The van der Waals surface area contributed by atoms with Gasteiger partial charge >= 0.3 is 0 Å². The third-order valence-electron chi connectivity index (χ3n) is 3.05. The van der Waals surface area contributed by atoms with Crippen LogP contribution in [0.15, 0.2) is 12.1 Å². The largest absolute Gasteiger partial charge is 0.372 e. The van der Waals surface area contributed by atoms with Gasteiger partial charge in [-0.05, 0) is 44.9 Å². The number of benzene rings is 1. The molecule has 0 unspecified atom stereocenters.